The molecule has 0 saturated carbocycles. The van der Waals surface area contributed by atoms with Gasteiger partial charge < -0.3 is 0 Å². The second-order valence-corrected chi connectivity index (χ2v) is 7.35. The monoisotopic (exact) mass is 369 g/mol. The second kappa shape index (κ2) is 6.30. The van der Waals surface area contributed by atoms with Crippen LogP contribution in [0, 0.1) is 6.92 Å². The summed E-state index contributed by atoms with van der Waals surface area (Å²) < 4.78 is 1.50. The third kappa shape index (κ3) is 2.51. The fourth-order valence-electron chi connectivity index (χ4n) is 4.26. The number of ketones is 1. The molecule has 0 radical (unpaired) electrons. The second-order valence-electron chi connectivity index (χ2n) is 7.35. The molecule has 1 aliphatic carbocycles. The highest BCUT2D eigenvalue weighted by Gasteiger charge is 2.30. The fraction of sp³-hybridized carbons (Fsp3) is 0.174. The number of rotatable bonds is 2. The quantitative estimate of drug-likeness (QED) is 0.582. The van der Waals surface area contributed by atoms with Gasteiger partial charge >= 0.3 is 0 Å². The van der Waals surface area contributed by atoms with Crippen molar-refractivity contribution in [2.75, 3.05) is 0 Å². The summed E-state index contributed by atoms with van der Waals surface area (Å²) in [5, 5.41) is 3.61. The normalized spacial score (nSPS) is 16.3. The molecule has 2 aromatic carbocycles. The molecular weight excluding hydrogens is 350 g/mol. The Bertz CT molecular complexity index is 1270. The van der Waals surface area contributed by atoms with E-state index in [1.54, 1.807) is 6.20 Å². The lowest BCUT2D eigenvalue weighted by Gasteiger charge is -2.25. The number of fused-ring (bicyclic) bond motifs is 3. The Labute approximate surface area is 161 Å². The van der Waals surface area contributed by atoms with Gasteiger partial charge in [0, 0.05) is 18.2 Å². The maximum absolute atomic E-state index is 13.2. The van der Waals surface area contributed by atoms with E-state index in [4.69, 9.17) is 0 Å². The highest BCUT2D eigenvalue weighted by atomic mass is 16.1. The van der Waals surface area contributed by atoms with Crippen molar-refractivity contribution in [2.45, 2.75) is 25.7 Å². The van der Waals surface area contributed by atoms with Crippen LogP contribution < -0.4 is 5.56 Å². The number of nitrogens with zero attached hydrogens (tertiary/aromatic N) is 2. The van der Waals surface area contributed by atoms with Gasteiger partial charge in [0.15, 0.2) is 11.4 Å². The van der Waals surface area contributed by atoms with Crippen molar-refractivity contribution < 1.29 is 4.79 Å². The molecule has 1 aliphatic rings. The number of benzene rings is 2. The minimum absolute atomic E-state index is 0.0516. The Morgan fingerprint density at radius 2 is 1.75 bits per heavy atom. The minimum atomic E-state index is -0.163. The van der Waals surface area contributed by atoms with Crippen LogP contribution in [-0.4, -0.2) is 20.5 Å². The Hall–Kier alpha value is -3.47. The molecule has 5 rings (SSSR count). The molecule has 138 valence electrons. The molecule has 4 aromatic rings. The number of para-hydroxylation sites is 1. The van der Waals surface area contributed by atoms with E-state index in [1.165, 1.54) is 15.8 Å². The fourth-order valence-corrected chi connectivity index (χ4v) is 4.26. The molecule has 5 nitrogen and oxygen atoms in total. The average Bonchev–Trinajstić information content (AvgIpc) is 3.06. The predicted octanol–water partition coefficient (Wildman–Crippen LogP) is 3.93. The molecule has 1 atom stereocenters. The highest BCUT2D eigenvalue weighted by molar-refractivity contribution is 6.02. The Kier molecular flexibility index (Phi) is 3.76. The maximum atomic E-state index is 13.2. The highest BCUT2D eigenvalue weighted by Crippen LogP contribution is 2.35. The number of H-pyrrole nitrogens is 1. The smallest absolute Gasteiger partial charge is 0.281 e. The Morgan fingerprint density at radius 1 is 1.00 bits per heavy atom. The number of nitrogens with one attached hydrogen (secondary N) is 1. The van der Waals surface area contributed by atoms with Crippen molar-refractivity contribution in [3.05, 3.63) is 93.4 Å². The van der Waals surface area contributed by atoms with E-state index in [2.05, 4.69) is 29.1 Å². The van der Waals surface area contributed by atoms with Crippen LogP contribution in [0.15, 0.2) is 65.6 Å². The van der Waals surface area contributed by atoms with E-state index in [1.807, 2.05) is 42.5 Å². The van der Waals surface area contributed by atoms with Crippen LogP contribution in [0.1, 0.15) is 39.4 Å². The molecule has 0 unspecified atom stereocenters. The standard InChI is InChI=1S/C23H19N3O2/c1-14-7-5-6-10-17(14)15-11-18-19(20(27)12-15)13-24-22-21(18)23(28)26(25-22)16-8-3-2-4-9-16/h2-10,13,15H,11-12H2,1H3,(H,24,25)/t15-/m1/s1. The first-order valence-corrected chi connectivity index (χ1v) is 9.40. The summed E-state index contributed by atoms with van der Waals surface area (Å²) in [6.07, 6.45) is 2.72. The van der Waals surface area contributed by atoms with Gasteiger partial charge in [0.25, 0.3) is 5.56 Å². The zero-order valence-corrected chi connectivity index (χ0v) is 15.5. The van der Waals surface area contributed by atoms with Gasteiger partial charge in [0.1, 0.15) is 0 Å². The zero-order chi connectivity index (χ0) is 19.3. The SMILES string of the molecule is Cc1ccccc1[C@H]1CC(=O)c2cnc3[nH]n(-c4ccccc4)c(=O)c3c2C1. The van der Waals surface area contributed by atoms with E-state index in [9.17, 15) is 9.59 Å². The van der Waals surface area contributed by atoms with Crippen LogP contribution in [0.25, 0.3) is 16.7 Å². The summed E-state index contributed by atoms with van der Waals surface area (Å²) in [6, 6.07) is 17.6. The molecule has 2 heterocycles. The predicted molar refractivity (Wildman–Crippen MR) is 108 cm³/mol. The van der Waals surface area contributed by atoms with Crippen LogP contribution in [0.5, 0.6) is 0 Å². The molecule has 2 aromatic heterocycles. The maximum Gasteiger partial charge on any atom is 0.281 e. The molecular formula is C23H19N3O2. The summed E-state index contributed by atoms with van der Waals surface area (Å²) >= 11 is 0. The summed E-state index contributed by atoms with van der Waals surface area (Å²) in [6.45, 7) is 2.07. The number of carbonyl (C=O) groups is 1. The van der Waals surface area contributed by atoms with Crippen LogP contribution in [0.3, 0.4) is 0 Å². The Morgan fingerprint density at radius 3 is 2.54 bits per heavy atom. The van der Waals surface area contributed by atoms with Gasteiger partial charge in [-0.25, -0.2) is 9.67 Å². The number of carbonyl (C=O) groups excluding carboxylic acids is 1. The van der Waals surface area contributed by atoms with E-state index in [-0.39, 0.29) is 17.3 Å². The summed E-state index contributed by atoms with van der Waals surface area (Å²) in [5.74, 6) is 0.127. The van der Waals surface area contributed by atoms with Crippen LogP contribution in [-0.2, 0) is 6.42 Å². The van der Waals surface area contributed by atoms with Gasteiger partial charge in [-0.1, -0.05) is 42.5 Å². The van der Waals surface area contributed by atoms with Crippen LogP contribution >= 0.6 is 0 Å². The number of pyridine rings is 1. The van der Waals surface area contributed by atoms with Crippen molar-refractivity contribution in [3.63, 3.8) is 0 Å². The molecule has 5 heteroatoms. The van der Waals surface area contributed by atoms with Crippen molar-refractivity contribution in [1.82, 2.24) is 14.8 Å². The molecule has 0 saturated heterocycles. The molecule has 0 spiro atoms. The molecule has 0 amide bonds. The van der Waals surface area contributed by atoms with Crippen LogP contribution in [0.2, 0.25) is 0 Å². The van der Waals surface area contributed by atoms with Gasteiger partial charge in [-0.2, -0.15) is 0 Å². The molecule has 1 N–H and O–H groups in total. The van der Waals surface area contributed by atoms with Gasteiger partial charge in [-0.3, -0.25) is 14.7 Å². The molecule has 0 fully saturated rings. The van der Waals surface area contributed by atoms with Gasteiger partial charge in [0.05, 0.1) is 11.1 Å². The van der Waals surface area contributed by atoms with Gasteiger partial charge in [-0.05, 0) is 48.1 Å². The first-order chi connectivity index (χ1) is 13.6. The molecule has 28 heavy (non-hydrogen) atoms. The lowest BCUT2D eigenvalue weighted by Crippen LogP contribution is -2.22. The van der Waals surface area contributed by atoms with E-state index in [0.29, 0.717) is 29.4 Å². The minimum Gasteiger partial charge on any atom is -0.294 e. The lowest BCUT2D eigenvalue weighted by atomic mass is 9.78. The van der Waals surface area contributed by atoms with Gasteiger partial charge in [0.2, 0.25) is 0 Å². The lowest BCUT2D eigenvalue weighted by molar-refractivity contribution is 0.0964. The molecule has 0 aliphatic heterocycles. The van der Waals surface area contributed by atoms with E-state index in [0.717, 1.165) is 11.3 Å². The summed E-state index contributed by atoms with van der Waals surface area (Å²) in [7, 11) is 0. The first-order valence-electron chi connectivity index (χ1n) is 9.40. The van der Waals surface area contributed by atoms with Crippen molar-refractivity contribution >= 4 is 16.8 Å². The number of aromatic amines is 1. The largest absolute Gasteiger partial charge is 0.294 e. The summed E-state index contributed by atoms with van der Waals surface area (Å²) in [4.78, 5) is 30.4. The third-order valence-corrected chi connectivity index (χ3v) is 5.65. The van der Waals surface area contributed by atoms with Crippen molar-refractivity contribution in [1.29, 1.82) is 0 Å². The van der Waals surface area contributed by atoms with Crippen LogP contribution in [0.4, 0.5) is 0 Å². The number of hydrogen-bond donors (Lipinski definition) is 1. The van der Waals surface area contributed by atoms with E-state index < -0.39 is 0 Å². The number of aryl methyl sites for hydroxylation is 1. The Balaban J connectivity index is 1.70. The number of aromatic nitrogens is 3. The third-order valence-electron chi connectivity index (χ3n) is 5.65. The van der Waals surface area contributed by atoms with E-state index >= 15 is 0 Å². The topological polar surface area (TPSA) is 67.8 Å². The average molecular weight is 369 g/mol. The summed E-state index contributed by atoms with van der Waals surface area (Å²) in [5.41, 5.74) is 4.83. The first kappa shape index (κ1) is 16.7. The zero-order valence-electron chi connectivity index (χ0n) is 15.5. The van der Waals surface area contributed by atoms with Crippen molar-refractivity contribution in [3.8, 4) is 5.69 Å². The number of hydrogen-bond acceptors (Lipinski definition) is 3. The molecule has 0 bridgehead atoms. The number of Topliss-reactive ketones (excluding diaryl/α,β-unsaturated/α-hetero) is 1. The van der Waals surface area contributed by atoms with Crippen molar-refractivity contribution in [2.24, 2.45) is 0 Å². The van der Waals surface area contributed by atoms with Gasteiger partial charge in [-0.15, -0.1) is 0 Å².